The summed E-state index contributed by atoms with van der Waals surface area (Å²) in [4.78, 5) is 0.341. The molecule has 0 atom stereocenters. The van der Waals surface area contributed by atoms with Crippen LogP contribution in [0.15, 0.2) is 47.6 Å². The molecular formula is C15H20N2O2S. The van der Waals surface area contributed by atoms with Gasteiger partial charge in [-0.2, -0.15) is 0 Å². The first kappa shape index (κ1) is 14.7. The quantitative estimate of drug-likeness (QED) is 0.890. The van der Waals surface area contributed by atoms with Crippen LogP contribution in [0.4, 0.5) is 5.69 Å². The minimum atomic E-state index is -3.21. The molecule has 0 aliphatic rings. The zero-order valence-corrected chi connectivity index (χ0v) is 12.7. The number of aromatic nitrogens is 1. The number of nitrogens with one attached hydrogen (secondary N) is 1. The Labute approximate surface area is 120 Å². The van der Waals surface area contributed by atoms with Gasteiger partial charge in [0, 0.05) is 31.7 Å². The molecule has 0 aliphatic heterocycles. The van der Waals surface area contributed by atoms with Crippen molar-refractivity contribution < 1.29 is 8.42 Å². The highest BCUT2D eigenvalue weighted by molar-refractivity contribution is 7.90. The maximum atomic E-state index is 11.7. The van der Waals surface area contributed by atoms with Gasteiger partial charge < -0.3 is 9.88 Å². The minimum absolute atomic E-state index is 0.341. The van der Waals surface area contributed by atoms with Gasteiger partial charge in [-0.05, 0) is 30.2 Å². The molecule has 1 aromatic carbocycles. The molecule has 0 aliphatic carbocycles. The highest BCUT2D eigenvalue weighted by Gasteiger charge is 2.12. The van der Waals surface area contributed by atoms with Crippen LogP contribution in [-0.4, -0.2) is 19.2 Å². The van der Waals surface area contributed by atoms with Crippen molar-refractivity contribution in [2.45, 2.75) is 31.3 Å². The van der Waals surface area contributed by atoms with Crippen molar-refractivity contribution >= 4 is 15.5 Å². The normalized spacial score (nSPS) is 11.5. The second kappa shape index (κ2) is 6.13. The smallest absolute Gasteiger partial charge is 0.177 e. The number of rotatable bonds is 6. The summed E-state index contributed by atoms with van der Waals surface area (Å²) >= 11 is 0. The van der Waals surface area contributed by atoms with E-state index in [-0.39, 0.29) is 0 Å². The van der Waals surface area contributed by atoms with Crippen molar-refractivity contribution in [1.82, 2.24) is 4.57 Å². The lowest BCUT2D eigenvalue weighted by atomic mass is 10.3. The number of anilines is 1. The van der Waals surface area contributed by atoms with Gasteiger partial charge in [0.25, 0.3) is 0 Å². The highest BCUT2D eigenvalue weighted by Crippen LogP contribution is 2.21. The monoisotopic (exact) mass is 292 g/mol. The molecule has 0 bridgehead atoms. The molecule has 5 heteroatoms. The fourth-order valence-corrected chi connectivity index (χ4v) is 2.99. The van der Waals surface area contributed by atoms with Crippen molar-refractivity contribution in [3.8, 4) is 0 Å². The van der Waals surface area contributed by atoms with Gasteiger partial charge in [0.15, 0.2) is 9.84 Å². The second-order valence-corrected chi connectivity index (χ2v) is 6.86. The molecule has 1 N–H and O–H groups in total. The Bertz CT molecular complexity index is 675. The summed E-state index contributed by atoms with van der Waals surface area (Å²) in [7, 11) is -3.21. The predicted octanol–water partition coefficient (Wildman–Crippen LogP) is 2.91. The lowest BCUT2D eigenvalue weighted by molar-refractivity contribution is 0.602. The summed E-state index contributed by atoms with van der Waals surface area (Å²) in [5, 5.41) is 3.20. The Kier molecular flexibility index (Phi) is 4.49. The number of aryl methyl sites for hydroxylation is 1. The summed E-state index contributed by atoms with van der Waals surface area (Å²) in [6.45, 7) is 3.75. The standard InChI is InChI=1S/C15H20N2O2S/c1-3-9-17-10-8-13(12-17)11-16-14-6-4-5-7-15(14)20(2,18)19/h4-8,10,12,16H,3,9,11H2,1-2H3. The average molecular weight is 292 g/mol. The summed E-state index contributed by atoms with van der Waals surface area (Å²) in [5.74, 6) is 0. The Hall–Kier alpha value is -1.75. The van der Waals surface area contributed by atoms with E-state index >= 15 is 0 Å². The molecule has 0 fully saturated rings. The number of nitrogens with zero attached hydrogens (tertiary/aromatic N) is 1. The molecule has 0 radical (unpaired) electrons. The van der Waals surface area contributed by atoms with Crippen LogP contribution in [0, 0.1) is 0 Å². The van der Waals surface area contributed by atoms with Crippen LogP contribution in [0.3, 0.4) is 0 Å². The zero-order valence-electron chi connectivity index (χ0n) is 11.8. The molecule has 0 saturated heterocycles. The van der Waals surface area contributed by atoms with Gasteiger partial charge in [-0.25, -0.2) is 8.42 Å². The molecule has 1 aromatic heterocycles. The van der Waals surface area contributed by atoms with E-state index < -0.39 is 9.84 Å². The number of benzene rings is 1. The van der Waals surface area contributed by atoms with Gasteiger partial charge in [-0.1, -0.05) is 19.1 Å². The van der Waals surface area contributed by atoms with Crippen molar-refractivity contribution in [3.63, 3.8) is 0 Å². The van der Waals surface area contributed by atoms with Crippen LogP contribution in [-0.2, 0) is 22.9 Å². The molecule has 4 nitrogen and oxygen atoms in total. The van der Waals surface area contributed by atoms with Crippen molar-refractivity contribution in [3.05, 3.63) is 48.3 Å². The fourth-order valence-electron chi connectivity index (χ4n) is 2.13. The average Bonchev–Trinajstić information content (AvgIpc) is 2.84. The molecule has 0 unspecified atom stereocenters. The van der Waals surface area contributed by atoms with E-state index in [2.05, 4.69) is 23.0 Å². The number of hydrogen-bond donors (Lipinski definition) is 1. The van der Waals surface area contributed by atoms with E-state index in [1.807, 2.05) is 18.3 Å². The topological polar surface area (TPSA) is 51.1 Å². The van der Waals surface area contributed by atoms with Gasteiger partial charge in [0.2, 0.25) is 0 Å². The fraction of sp³-hybridized carbons (Fsp3) is 0.333. The Morgan fingerprint density at radius 3 is 2.65 bits per heavy atom. The van der Waals surface area contributed by atoms with Crippen LogP contribution >= 0.6 is 0 Å². The lowest BCUT2D eigenvalue weighted by Gasteiger charge is -2.09. The number of hydrogen-bond acceptors (Lipinski definition) is 3. The Morgan fingerprint density at radius 2 is 1.95 bits per heavy atom. The third-order valence-electron chi connectivity index (χ3n) is 3.06. The summed E-state index contributed by atoms with van der Waals surface area (Å²) < 4.78 is 25.6. The SMILES string of the molecule is CCCn1ccc(CNc2ccccc2S(C)(=O)=O)c1. The first-order valence-electron chi connectivity index (χ1n) is 6.68. The van der Waals surface area contributed by atoms with Crippen LogP contribution in [0.2, 0.25) is 0 Å². The largest absolute Gasteiger partial charge is 0.380 e. The molecular weight excluding hydrogens is 272 g/mol. The summed E-state index contributed by atoms with van der Waals surface area (Å²) in [6, 6.07) is 9.03. The van der Waals surface area contributed by atoms with Gasteiger partial charge in [-0.3, -0.25) is 0 Å². The van der Waals surface area contributed by atoms with Crippen molar-refractivity contribution in [1.29, 1.82) is 0 Å². The molecule has 2 aromatic rings. The second-order valence-electron chi connectivity index (χ2n) is 4.88. The van der Waals surface area contributed by atoms with Gasteiger partial charge in [-0.15, -0.1) is 0 Å². The zero-order chi connectivity index (χ0) is 14.6. The molecule has 0 spiro atoms. The van der Waals surface area contributed by atoms with E-state index in [9.17, 15) is 8.42 Å². The van der Waals surface area contributed by atoms with Crippen molar-refractivity contribution in [2.24, 2.45) is 0 Å². The van der Waals surface area contributed by atoms with E-state index in [0.717, 1.165) is 18.5 Å². The lowest BCUT2D eigenvalue weighted by Crippen LogP contribution is -2.05. The Morgan fingerprint density at radius 1 is 1.20 bits per heavy atom. The maximum absolute atomic E-state index is 11.7. The van der Waals surface area contributed by atoms with Gasteiger partial charge >= 0.3 is 0 Å². The van der Waals surface area contributed by atoms with Crippen LogP contribution in [0.1, 0.15) is 18.9 Å². The molecule has 0 saturated carbocycles. The van der Waals surface area contributed by atoms with E-state index in [1.54, 1.807) is 18.2 Å². The van der Waals surface area contributed by atoms with Crippen LogP contribution in [0.25, 0.3) is 0 Å². The Balaban J connectivity index is 2.11. The maximum Gasteiger partial charge on any atom is 0.177 e. The van der Waals surface area contributed by atoms with E-state index in [1.165, 1.54) is 6.26 Å². The number of sulfone groups is 1. The first-order valence-corrected chi connectivity index (χ1v) is 8.57. The summed E-state index contributed by atoms with van der Waals surface area (Å²) in [6.07, 6.45) is 6.45. The molecule has 20 heavy (non-hydrogen) atoms. The first-order chi connectivity index (χ1) is 9.50. The molecule has 108 valence electrons. The van der Waals surface area contributed by atoms with Gasteiger partial charge in [0.05, 0.1) is 10.6 Å². The third-order valence-corrected chi connectivity index (χ3v) is 4.22. The highest BCUT2D eigenvalue weighted by atomic mass is 32.2. The third kappa shape index (κ3) is 3.63. The van der Waals surface area contributed by atoms with Gasteiger partial charge in [0.1, 0.15) is 0 Å². The van der Waals surface area contributed by atoms with Crippen molar-refractivity contribution in [2.75, 3.05) is 11.6 Å². The van der Waals surface area contributed by atoms with E-state index in [4.69, 9.17) is 0 Å². The molecule has 0 amide bonds. The minimum Gasteiger partial charge on any atom is -0.380 e. The summed E-state index contributed by atoms with van der Waals surface area (Å²) in [5.41, 5.74) is 1.79. The van der Waals surface area contributed by atoms with Crippen LogP contribution in [0.5, 0.6) is 0 Å². The number of para-hydroxylation sites is 1. The molecule has 2 rings (SSSR count). The van der Waals surface area contributed by atoms with Crippen LogP contribution < -0.4 is 5.32 Å². The van der Waals surface area contributed by atoms with E-state index in [0.29, 0.717) is 17.1 Å². The predicted molar refractivity (Wildman–Crippen MR) is 81.6 cm³/mol. The molecule has 1 heterocycles.